The number of nitrogens with zero attached hydrogens (tertiary/aromatic N) is 1. The van der Waals surface area contributed by atoms with Crippen molar-refractivity contribution in [2.45, 2.75) is 76.0 Å². The van der Waals surface area contributed by atoms with Crippen molar-refractivity contribution in [3.05, 3.63) is 0 Å². The van der Waals surface area contributed by atoms with Gasteiger partial charge >= 0.3 is 0 Å². The Morgan fingerprint density at radius 2 is 2.05 bits per heavy atom. The van der Waals surface area contributed by atoms with E-state index in [1.807, 2.05) is 0 Å². The maximum atomic E-state index is 6.27. The molecule has 2 aliphatic carbocycles. The maximum absolute atomic E-state index is 6.27. The van der Waals surface area contributed by atoms with Crippen molar-refractivity contribution < 1.29 is 4.74 Å². The normalized spacial score (nSPS) is 44.8. The van der Waals surface area contributed by atoms with Crippen LogP contribution in [0.5, 0.6) is 0 Å². The zero-order chi connectivity index (χ0) is 13.3. The van der Waals surface area contributed by atoms with E-state index in [2.05, 4.69) is 11.8 Å². The van der Waals surface area contributed by atoms with Crippen LogP contribution in [0.1, 0.15) is 58.3 Å². The molecule has 3 fully saturated rings. The zero-order valence-corrected chi connectivity index (χ0v) is 12.4. The quantitative estimate of drug-likeness (QED) is 0.835. The van der Waals surface area contributed by atoms with Gasteiger partial charge in [0.25, 0.3) is 0 Å². The van der Waals surface area contributed by atoms with Gasteiger partial charge in [0.15, 0.2) is 0 Å². The Morgan fingerprint density at radius 3 is 2.84 bits per heavy atom. The highest BCUT2D eigenvalue weighted by molar-refractivity contribution is 5.02. The Bertz CT molecular complexity index is 307. The van der Waals surface area contributed by atoms with Crippen LogP contribution in [-0.4, -0.2) is 42.3 Å². The molecule has 0 amide bonds. The van der Waals surface area contributed by atoms with E-state index in [1.165, 1.54) is 51.4 Å². The first-order valence-electron chi connectivity index (χ1n) is 8.33. The molecule has 0 spiro atoms. The van der Waals surface area contributed by atoms with Crippen LogP contribution < -0.4 is 5.73 Å². The molecule has 0 aromatic carbocycles. The summed E-state index contributed by atoms with van der Waals surface area (Å²) in [6.45, 7) is 5.26. The number of hydrogen-bond donors (Lipinski definition) is 1. The Labute approximate surface area is 117 Å². The number of fused-ring (bicyclic) bond motifs is 1. The largest absolute Gasteiger partial charge is 0.375 e. The molecule has 4 unspecified atom stereocenters. The highest BCUT2D eigenvalue weighted by Crippen LogP contribution is 2.41. The maximum Gasteiger partial charge on any atom is 0.0731 e. The summed E-state index contributed by atoms with van der Waals surface area (Å²) < 4.78 is 6.04. The molecule has 0 bridgehead atoms. The summed E-state index contributed by atoms with van der Waals surface area (Å²) in [6.07, 6.45) is 11.1. The average Bonchev–Trinajstić information content (AvgIpc) is 2.46. The number of nitrogens with two attached hydrogens (primary N) is 1. The highest BCUT2D eigenvalue weighted by Gasteiger charge is 2.46. The molecular formula is C16H30N2O. The number of ether oxygens (including phenoxy) is 1. The third kappa shape index (κ3) is 2.57. The van der Waals surface area contributed by atoms with Crippen molar-refractivity contribution in [2.24, 2.45) is 11.7 Å². The van der Waals surface area contributed by atoms with Crippen LogP contribution in [-0.2, 0) is 4.74 Å². The van der Waals surface area contributed by atoms with Gasteiger partial charge in [-0.25, -0.2) is 0 Å². The SMILES string of the molecule is CC1CCCC(CN)(N2CCOC3CCCCC32)C1. The van der Waals surface area contributed by atoms with E-state index in [4.69, 9.17) is 10.5 Å². The monoisotopic (exact) mass is 266 g/mol. The van der Waals surface area contributed by atoms with Crippen LogP contribution in [0.25, 0.3) is 0 Å². The zero-order valence-electron chi connectivity index (χ0n) is 12.4. The van der Waals surface area contributed by atoms with Gasteiger partial charge in [-0.15, -0.1) is 0 Å². The molecule has 4 atom stereocenters. The van der Waals surface area contributed by atoms with Gasteiger partial charge in [-0.05, 0) is 31.6 Å². The second-order valence-corrected chi connectivity index (χ2v) is 7.08. The third-order valence-electron chi connectivity index (χ3n) is 5.79. The van der Waals surface area contributed by atoms with E-state index in [-0.39, 0.29) is 5.54 Å². The van der Waals surface area contributed by atoms with Gasteiger partial charge in [-0.2, -0.15) is 0 Å². The highest BCUT2D eigenvalue weighted by atomic mass is 16.5. The predicted molar refractivity (Wildman–Crippen MR) is 78.1 cm³/mol. The number of rotatable bonds is 2. The lowest BCUT2D eigenvalue weighted by Gasteiger charge is -2.55. The van der Waals surface area contributed by atoms with Gasteiger partial charge in [-0.3, -0.25) is 4.90 Å². The molecule has 1 saturated heterocycles. The molecule has 2 N–H and O–H groups in total. The van der Waals surface area contributed by atoms with E-state index in [0.717, 1.165) is 25.6 Å². The second-order valence-electron chi connectivity index (χ2n) is 7.08. The van der Waals surface area contributed by atoms with Crippen molar-refractivity contribution in [3.63, 3.8) is 0 Å². The Morgan fingerprint density at radius 1 is 1.21 bits per heavy atom. The van der Waals surface area contributed by atoms with Crippen molar-refractivity contribution in [1.29, 1.82) is 0 Å². The van der Waals surface area contributed by atoms with E-state index in [0.29, 0.717) is 12.1 Å². The minimum atomic E-state index is 0.279. The molecule has 3 heteroatoms. The van der Waals surface area contributed by atoms with Crippen LogP contribution >= 0.6 is 0 Å². The topological polar surface area (TPSA) is 38.5 Å². The van der Waals surface area contributed by atoms with Gasteiger partial charge in [0.2, 0.25) is 0 Å². The summed E-state index contributed by atoms with van der Waals surface area (Å²) in [6, 6.07) is 0.649. The molecule has 2 saturated carbocycles. The van der Waals surface area contributed by atoms with E-state index < -0.39 is 0 Å². The molecule has 19 heavy (non-hydrogen) atoms. The molecule has 0 aromatic heterocycles. The van der Waals surface area contributed by atoms with Gasteiger partial charge in [0, 0.05) is 24.7 Å². The third-order valence-corrected chi connectivity index (χ3v) is 5.79. The van der Waals surface area contributed by atoms with Crippen molar-refractivity contribution >= 4 is 0 Å². The predicted octanol–water partition coefficient (Wildman–Crippen LogP) is 2.54. The fourth-order valence-electron chi connectivity index (χ4n) is 4.88. The smallest absolute Gasteiger partial charge is 0.0731 e. The fourth-order valence-corrected chi connectivity index (χ4v) is 4.88. The van der Waals surface area contributed by atoms with Crippen LogP contribution in [0.2, 0.25) is 0 Å². The van der Waals surface area contributed by atoms with Crippen LogP contribution in [0.15, 0.2) is 0 Å². The summed E-state index contributed by atoms with van der Waals surface area (Å²) in [5, 5.41) is 0. The minimum Gasteiger partial charge on any atom is -0.375 e. The lowest BCUT2D eigenvalue weighted by Crippen LogP contribution is -2.65. The summed E-state index contributed by atoms with van der Waals surface area (Å²) >= 11 is 0. The summed E-state index contributed by atoms with van der Waals surface area (Å²) in [5.41, 5.74) is 6.55. The number of morpholine rings is 1. The van der Waals surface area contributed by atoms with Gasteiger partial charge in [-0.1, -0.05) is 32.6 Å². The molecule has 3 aliphatic rings. The Balaban J connectivity index is 1.80. The first kappa shape index (κ1) is 13.8. The van der Waals surface area contributed by atoms with Gasteiger partial charge < -0.3 is 10.5 Å². The van der Waals surface area contributed by atoms with E-state index in [1.54, 1.807) is 0 Å². The summed E-state index contributed by atoms with van der Waals surface area (Å²) in [7, 11) is 0. The van der Waals surface area contributed by atoms with Crippen molar-refractivity contribution in [2.75, 3.05) is 19.7 Å². The van der Waals surface area contributed by atoms with Gasteiger partial charge in [0.05, 0.1) is 12.7 Å². The van der Waals surface area contributed by atoms with Crippen LogP contribution in [0, 0.1) is 5.92 Å². The standard InChI is InChI=1S/C16H30N2O/c1-13-5-4-8-16(11-13,12-17)18-9-10-19-15-7-3-2-6-14(15)18/h13-15H,2-12,17H2,1H3. The Hall–Kier alpha value is -0.120. The second kappa shape index (κ2) is 5.71. The lowest BCUT2D eigenvalue weighted by molar-refractivity contribution is -0.135. The first-order chi connectivity index (χ1) is 9.25. The summed E-state index contributed by atoms with van der Waals surface area (Å²) in [4.78, 5) is 2.79. The first-order valence-corrected chi connectivity index (χ1v) is 8.33. The lowest BCUT2D eigenvalue weighted by atomic mass is 9.73. The van der Waals surface area contributed by atoms with E-state index in [9.17, 15) is 0 Å². The van der Waals surface area contributed by atoms with Crippen LogP contribution in [0.3, 0.4) is 0 Å². The fraction of sp³-hybridized carbons (Fsp3) is 1.00. The van der Waals surface area contributed by atoms with Gasteiger partial charge in [0.1, 0.15) is 0 Å². The summed E-state index contributed by atoms with van der Waals surface area (Å²) in [5.74, 6) is 0.835. The number of hydrogen-bond acceptors (Lipinski definition) is 3. The molecular weight excluding hydrogens is 236 g/mol. The molecule has 1 heterocycles. The molecule has 3 nitrogen and oxygen atoms in total. The van der Waals surface area contributed by atoms with Crippen LogP contribution in [0.4, 0.5) is 0 Å². The molecule has 1 aliphatic heterocycles. The molecule has 0 radical (unpaired) electrons. The van der Waals surface area contributed by atoms with E-state index >= 15 is 0 Å². The molecule has 110 valence electrons. The Kier molecular flexibility index (Phi) is 4.16. The minimum absolute atomic E-state index is 0.279. The van der Waals surface area contributed by atoms with Crippen molar-refractivity contribution in [3.8, 4) is 0 Å². The molecule has 3 rings (SSSR count). The molecule has 0 aromatic rings. The van der Waals surface area contributed by atoms with Crippen molar-refractivity contribution in [1.82, 2.24) is 4.90 Å². The average molecular weight is 266 g/mol.